The summed E-state index contributed by atoms with van der Waals surface area (Å²) < 4.78 is 0. The molecule has 3 aromatic rings. The molecule has 4 rings (SSSR count). The van der Waals surface area contributed by atoms with Crippen LogP contribution in [0, 0.1) is 5.41 Å². The van der Waals surface area contributed by atoms with Crippen molar-refractivity contribution in [1.29, 1.82) is 0 Å². The number of piperidine rings is 1. The predicted octanol–water partition coefficient (Wildman–Crippen LogP) is 4.35. The maximum absolute atomic E-state index is 13.3. The zero-order valence-corrected chi connectivity index (χ0v) is 18.5. The molecule has 0 bridgehead atoms. The van der Waals surface area contributed by atoms with E-state index in [9.17, 15) is 9.59 Å². The molecule has 1 N–H and O–H groups in total. The number of pyridine rings is 1. The molecular weight excluding hydrogens is 398 g/mol. The van der Waals surface area contributed by atoms with Gasteiger partial charge in [0.1, 0.15) is 0 Å². The van der Waals surface area contributed by atoms with Gasteiger partial charge in [-0.05, 0) is 55.0 Å². The third-order valence-corrected chi connectivity index (χ3v) is 6.17. The highest BCUT2D eigenvalue weighted by Crippen LogP contribution is 2.35. The van der Waals surface area contributed by atoms with Gasteiger partial charge in [-0.1, -0.05) is 54.6 Å². The Bertz CT molecular complexity index is 1070. The van der Waals surface area contributed by atoms with Gasteiger partial charge in [0, 0.05) is 32.0 Å². The summed E-state index contributed by atoms with van der Waals surface area (Å²) in [5.41, 5.74) is 3.30. The van der Waals surface area contributed by atoms with Gasteiger partial charge >= 0.3 is 0 Å². The van der Waals surface area contributed by atoms with Crippen molar-refractivity contribution >= 4 is 11.8 Å². The van der Waals surface area contributed by atoms with Gasteiger partial charge in [-0.25, -0.2) is 0 Å². The molecule has 5 nitrogen and oxygen atoms in total. The summed E-state index contributed by atoms with van der Waals surface area (Å²) in [7, 11) is 0. The predicted molar refractivity (Wildman–Crippen MR) is 126 cm³/mol. The monoisotopic (exact) mass is 427 g/mol. The third-order valence-electron chi connectivity index (χ3n) is 6.17. The van der Waals surface area contributed by atoms with E-state index < -0.39 is 5.41 Å². The maximum atomic E-state index is 13.3. The van der Waals surface area contributed by atoms with Crippen molar-refractivity contribution in [2.24, 2.45) is 5.41 Å². The molecule has 1 saturated heterocycles. The highest BCUT2D eigenvalue weighted by atomic mass is 16.2. The van der Waals surface area contributed by atoms with Crippen LogP contribution >= 0.6 is 0 Å². The van der Waals surface area contributed by atoms with Crippen LogP contribution in [0.1, 0.15) is 35.7 Å². The van der Waals surface area contributed by atoms with Crippen LogP contribution in [0.3, 0.4) is 0 Å². The lowest BCUT2D eigenvalue weighted by Crippen LogP contribution is -2.54. The second-order valence-corrected chi connectivity index (χ2v) is 8.45. The molecule has 2 amide bonds. The first-order valence-electron chi connectivity index (χ1n) is 11.2. The number of rotatable bonds is 6. The van der Waals surface area contributed by atoms with Crippen LogP contribution in [0.15, 0.2) is 79.1 Å². The van der Waals surface area contributed by atoms with Crippen LogP contribution in [0.4, 0.5) is 0 Å². The number of benzene rings is 2. The first-order valence-corrected chi connectivity index (χ1v) is 11.2. The minimum Gasteiger partial charge on any atom is -0.356 e. The zero-order valence-electron chi connectivity index (χ0n) is 18.5. The highest BCUT2D eigenvalue weighted by molar-refractivity contribution is 5.94. The van der Waals surface area contributed by atoms with Gasteiger partial charge in [-0.3, -0.25) is 14.6 Å². The second-order valence-electron chi connectivity index (χ2n) is 8.45. The number of aromatic nitrogens is 1. The smallest absolute Gasteiger partial charge is 0.255 e. The van der Waals surface area contributed by atoms with Crippen molar-refractivity contribution in [1.82, 2.24) is 15.2 Å². The molecule has 1 atom stereocenters. The Balaban J connectivity index is 1.62. The van der Waals surface area contributed by atoms with Crippen LogP contribution in [0.5, 0.6) is 0 Å². The van der Waals surface area contributed by atoms with Crippen LogP contribution in [-0.4, -0.2) is 41.3 Å². The van der Waals surface area contributed by atoms with E-state index in [0.29, 0.717) is 31.6 Å². The van der Waals surface area contributed by atoms with Crippen LogP contribution < -0.4 is 5.32 Å². The summed E-state index contributed by atoms with van der Waals surface area (Å²) in [5.74, 6) is -0.0432. The number of hydrogen-bond donors (Lipinski definition) is 1. The van der Waals surface area contributed by atoms with Gasteiger partial charge in [-0.15, -0.1) is 0 Å². The minimum absolute atomic E-state index is 0.0220. The summed E-state index contributed by atoms with van der Waals surface area (Å²) in [6, 6.07) is 22.2. The number of amides is 2. The molecule has 0 radical (unpaired) electrons. The van der Waals surface area contributed by atoms with Gasteiger partial charge in [0.05, 0.1) is 11.0 Å². The normalized spacial score (nSPS) is 18.2. The summed E-state index contributed by atoms with van der Waals surface area (Å²) in [6.45, 7) is 3.56. The molecule has 2 heterocycles. The largest absolute Gasteiger partial charge is 0.356 e. The number of nitrogens with one attached hydrogen (secondary N) is 1. The number of carbonyl (C=O) groups excluding carboxylic acids is 2. The fourth-order valence-electron chi connectivity index (χ4n) is 4.62. The first kappa shape index (κ1) is 21.8. The molecule has 1 aromatic heterocycles. The molecule has 32 heavy (non-hydrogen) atoms. The van der Waals surface area contributed by atoms with E-state index in [4.69, 9.17) is 0 Å². The second kappa shape index (κ2) is 9.77. The Hall–Kier alpha value is -3.47. The topological polar surface area (TPSA) is 62.3 Å². The first-order chi connectivity index (χ1) is 15.6. The lowest BCUT2D eigenvalue weighted by atomic mass is 9.73. The van der Waals surface area contributed by atoms with E-state index in [1.165, 1.54) is 0 Å². The van der Waals surface area contributed by atoms with Crippen LogP contribution in [0.2, 0.25) is 0 Å². The van der Waals surface area contributed by atoms with E-state index in [-0.39, 0.29) is 11.8 Å². The molecule has 5 heteroatoms. The molecular formula is C27H29N3O2. The van der Waals surface area contributed by atoms with Gasteiger partial charge in [0.2, 0.25) is 5.91 Å². The molecule has 1 aliphatic rings. The summed E-state index contributed by atoms with van der Waals surface area (Å²) in [5, 5.41) is 3.03. The van der Waals surface area contributed by atoms with Gasteiger partial charge in [0.25, 0.3) is 5.91 Å². The number of nitrogens with zero attached hydrogens (tertiary/aromatic N) is 2. The summed E-state index contributed by atoms with van der Waals surface area (Å²) >= 11 is 0. The van der Waals surface area contributed by atoms with E-state index in [1.54, 1.807) is 24.5 Å². The Morgan fingerprint density at radius 2 is 1.84 bits per heavy atom. The number of carbonyl (C=O) groups is 2. The number of likely N-dealkylation sites (tertiary alicyclic amines) is 1. The van der Waals surface area contributed by atoms with E-state index >= 15 is 0 Å². The summed E-state index contributed by atoms with van der Waals surface area (Å²) in [6.07, 6.45) is 5.39. The van der Waals surface area contributed by atoms with Crippen molar-refractivity contribution in [3.8, 4) is 11.1 Å². The van der Waals surface area contributed by atoms with Crippen molar-refractivity contribution in [3.05, 3.63) is 90.3 Å². The Kier molecular flexibility index (Phi) is 6.64. The Morgan fingerprint density at radius 1 is 1.03 bits per heavy atom. The SMILES string of the molecule is CCNC(=O)[C@@]1(Cc2cccc(-c3ccccc3)c2)CCCN(C(=O)c2cccnc2)C1. The highest BCUT2D eigenvalue weighted by Gasteiger charge is 2.43. The van der Waals surface area contributed by atoms with Crippen LogP contribution in [0.25, 0.3) is 11.1 Å². The fraction of sp³-hybridized carbons (Fsp3) is 0.296. The quantitative estimate of drug-likeness (QED) is 0.636. The van der Waals surface area contributed by atoms with E-state index in [1.807, 2.05) is 36.1 Å². The van der Waals surface area contributed by atoms with Crippen LogP contribution in [-0.2, 0) is 11.2 Å². The molecule has 1 aliphatic heterocycles. The molecule has 164 valence electrons. The molecule has 0 unspecified atom stereocenters. The van der Waals surface area contributed by atoms with Crippen molar-refractivity contribution in [2.45, 2.75) is 26.2 Å². The van der Waals surface area contributed by atoms with Gasteiger partial charge in [0.15, 0.2) is 0 Å². The zero-order chi connectivity index (χ0) is 22.4. The fourth-order valence-corrected chi connectivity index (χ4v) is 4.62. The average Bonchev–Trinajstić information content (AvgIpc) is 2.85. The molecule has 0 saturated carbocycles. The lowest BCUT2D eigenvalue weighted by Gasteiger charge is -2.42. The standard InChI is InChI=1S/C27H29N3O2/c1-2-29-26(32)27(14-8-16-30(20-27)25(31)24-13-7-15-28-19-24)18-21-9-6-12-23(17-21)22-10-4-3-5-11-22/h3-7,9-13,15,17,19H,2,8,14,16,18,20H2,1H3,(H,29,32)/t27-/m1/s1. The Labute approximate surface area is 189 Å². The maximum Gasteiger partial charge on any atom is 0.255 e. The molecule has 0 aliphatic carbocycles. The van der Waals surface area contributed by atoms with Crippen molar-refractivity contribution in [2.75, 3.05) is 19.6 Å². The third kappa shape index (κ3) is 4.72. The number of hydrogen-bond acceptors (Lipinski definition) is 3. The van der Waals surface area contributed by atoms with Gasteiger partial charge < -0.3 is 10.2 Å². The van der Waals surface area contributed by atoms with Crippen molar-refractivity contribution < 1.29 is 9.59 Å². The average molecular weight is 428 g/mol. The molecule has 1 fully saturated rings. The summed E-state index contributed by atoms with van der Waals surface area (Å²) in [4.78, 5) is 32.3. The minimum atomic E-state index is -0.651. The van der Waals surface area contributed by atoms with Crippen molar-refractivity contribution in [3.63, 3.8) is 0 Å². The Morgan fingerprint density at radius 3 is 2.59 bits per heavy atom. The van der Waals surface area contributed by atoms with E-state index in [2.05, 4.69) is 40.6 Å². The molecule has 2 aromatic carbocycles. The van der Waals surface area contributed by atoms with Gasteiger partial charge in [-0.2, -0.15) is 0 Å². The van der Waals surface area contributed by atoms with E-state index in [0.717, 1.165) is 29.5 Å². The molecule has 0 spiro atoms. The lowest BCUT2D eigenvalue weighted by molar-refractivity contribution is -0.133.